The molecule has 1 unspecified atom stereocenters. The van der Waals surface area contributed by atoms with Crippen LogP contribution in [0.2, 0.25) is 0 Å². The Hall–Kier alpha value is -1.85. The highest BCUT2D eigenvalue weighted by molar-refractivity contribution is 5.96. The van der Waals surface area contributed by atoms with Crippen LogP contribution in [0.4, 0.5) is 0 Å². The minimum Gasteiger partial charge on any atom is -0.351 e. The first-order valence-corrected chi connectivity index (χ1v) is 5.07. The predicted molar refractivity (Wildman–Crippen MR) is 54.7 cm³/mol. The van der Waals surface area contributed by atoms with Gasteiger partial charge in [0, 0.05) is 19.7 Å². The van der Waals surface area contributed by atoms with E-state index in [2.05, 4.69) is 10.5 Å². The molecule has 1 atom stereocenters. The van der Waals surface area contributed by atoms with Crippen LogP contribution in [-0.2, 0) is 4.79 Å². The van der Waals surface area contributed by atoms with E-state index in [1.54, 1.807) is 24.9 Å². The number of carbonyl (C=O) groups is 2. The highest BCUT2D eigenvalue weighted by atomic mass is 16.5. The van der Waals surface area contributed by atoms with Gasteiger partial charge in [0.1, 0.15) is 6.04 Å². The van der Waals surface area contributed by atoms with Crippen LogP contribution >= 0.6 is 0 Å². The van der Waals surface area contributed by atoms with Gasteiger partial charge in [-0.1, -0.05) is 5.16 Å². The van der Waals surface area contributed by atoms with Crippen molar-refractivity contribution in [3.63, 3.8) is 0 Å². The summed E-state index contributed by atoms with van der Waals surface area (Å²) in [5.74, 6) is -0.321. The maximum Gasteiger partial charge on any atom is 0.290 e. The lowest BCUT2D eigenvalue weighted by Gasteiger charge is -2.10. The van der Waals surface area contributed by atoms with E-state index in [-0.39, 0.29) is 11.7 Å². The molecular formula is C10H13N3O3. The summed E-state index contributed by atoms with van der Waals surface area (Å²) in [7, 11) is 1.72. The Bertz CT molecular complexity index is 427. The number of nitrogens with one attached hydrogen (secondary N) is 1. The first kappa shape index (κ1) is 10.7. The maximum atomic E-state index is 11.7. The van der Waals surface area contributed by atoms with E-state index in [9.17, 15) is 9.59 Å². The largest absolute Gasteiger partial charge is 0.351 e. The van der Waals surface area contributed by atoms with Crippen molar-refractivity contribution in [2.75, 3.05) is 13.6 Å². The molecule has 1 aliphatic rings. The van der Waals surface area contributed by atoms with Gasteiger partial charge in [0.2, 0.25) is 11.7 Å². The van der Waals surface area contributed by atoms with Gasteiger partial charge in [-0.2, -0.15) is 0 Å². The molecule has 2 amide bonds. The zero-order valence-corrected chi connectivity index (χ0v) is 9.19. The molecule has 6 heteroatoms. The molecule has 86 valence electrons. The monoisotopic (exact) mass is 223 g/mol. The van der Waals surface area contributed by atoms with E-state index in [4.69, 9.17) is 4.52 Å². The van der Waals surface area contributed by atoms with Crippen molar-refractivity contribution in [2.24, 2.45) is 0 Å². The third-order valence-corrected chi connectivity index (χ3v) is 2.58. The molecule has 0 spiro atoms. The molecule has 2 heterocycles. The standard InChI is InChI=1S/C10H13N3O3/c1-6-5-8(16-12-6)9(14)11-7-3-4-13(2)10(7)15/h5,7H,3-4H2,1-2H3,(H,11,14). The number of rotatable bonds is 2. The van der Waals surface area contributed by atoms with Crippen molar-refractivity contribution >= 4 is 11.8 Å². The van der Waals surface area contributed by atoms with E-state index < -0.39 is 11.9 Å². The molecular weight excluding hydrogens is 210 g/mol. The zero-order chi connectivity index (χ0) is 11.7. The topological polar surface area (TPSA) is 75.4 Å². The summed E-state index contributed by atoms with van der Waals surface area (Å²) in [6.45, 7) is 2.40. The van der Waals surface area contributed by atoms with Crippen molar-refractivity contribution in [1.29, 1.82) is 0 Å². The minimum atomic E-state index is -0.442. The second-order valence-electron chi connectivity index (χ2n) is 3.91. The molecule has 0 bridgehead atoms. The normalized spacial score (nSPS) is 20.2. The van der Waals surface area contributed by atoms with Crippen LogP contribution in [0.5, 0.6) is 0 Å². The van der Waals surface area contributed by atoms with Gasteiger partial charge >= 0.3 is 0 Å². The van der Waals surface area contributed by atoms with Crippen LogP contribution in [0.15, 0.2) is 10.6 Å². The fraction of sp³-hybridized carbons (Fsp3) is 0.500. The lowest BCUT2D eigenvalue weighted by Crippen LogP contribution is -2.40. The van der Waals surface area contributed by atoms with Gasteiger partial charge in [0.25, 0.3) is 5.91 Å². The highest BCUT2D eigenvalue weighted by Gasteiger charge is 2.31. The minimum absolute atomic E-state index is 0.0652. The predicted octanol–water partition coefficient (Wildman–Crippen LogP) is -0.0565. The van der Waals surface area contributed by atoms with Crippen LogP contribution in [-0.4, -0.2) is 41.5 Å². The zero-order valence-electron chi connectivity index (χ0n) is 9.19. The van der Waals surface area contributed by atoms with E-state index >= 15 is 0 Å². The molecule has 16 heavy (non-hydrogen) atoms. The fourth-order valence-electron chi connectivity index (χ4n) is 1.66. The Kier molecular flexibility index (Phi) is 2.64. The quantitative estimate of drug-likeness (QED) is 0.762. The molecule has 1 N–H and O–H groups in total. The second kappa shape index (κ2) is 3.96. The number of aromatic nitrogens is 1. The number of amides is 2. The van der Waals surface area contributed by atoms with E-state index in [0.29, 0.717) is 18.7 Å². The van der Waals surface area contributed by atoms with Crippen LogP contribution in [0.3, 0.4) is 0 Å². The van der Waals surface area contributed by atoms with E-state index in [1.807, 2.05) is 0 Å². The van der Waals surface area contributed by atoms with Crippen LogP contribution in [0.25, 0.3) is 0 Å². The lowest BCUT2D eigenvalue weighted by molar-refractivity contribution is -0.128. The second-order valence-corrected chi connectivity index (χ2v) is 3.91. The van der Waals surface area contributed by atoms with Gasteiger partial charge in [-0.25, -0.2) is 0 Å². The van der Waals surface area contributed by atoms with Gasteiger partial charge in [-0.3, -0.25) is 9.59 Å². The Morgan fingerprint density at radius 2 is 2.44 bits per heavy atom. The van der Waals surface area contributed by atoms with Gasteiger partial charge in [0.15, 0.2) is 0 Å². The molecule has 1 aliphatic heterocycles. The lowest BCUT2D eigenvalue weighted by atomic mass is 10.2. The number of likely N-dealkylation sites (N-methyl/N-ethyl adjacent to an activating group) is 1. The molecule has 0 radical (unpaired) electrons. The van der Waals surface area contributed by atoms with Gasteiger partial charge in [-0.05, 0) is 13.3 Å². The summed E-state index contributed by atoms with van der Waals surface area (Å²) in [5, 5.41) is 6.24. The molecule has 2 rings (SSSR count). The Balaban J connectivity index is 2.01. The molecule has 0 aromatic carbocycles. The van der Waals surface area contributed by atoms with Crippen LogP contribution in [0.1, 0.15) is 22.7 Å². The third kappa shape index (κ3) is 1.91. The van der Waals surface area contributed by atoms with Crippen molar-refractivity contribution in [2.45, 2.75) is 19.4 Å². The molecule has 1 aromatic heterocycles. The summed E-state index contributed by atoms with van der Waals surface area (Å²) < 4.78 is 4.81. The summed E-state index contributed by atoms with van der Waals surface area (Å²) in [5.41, 5.74) is 0.639. The van der Waals surface area contributed by atoms with E-state index in [0.717, 1.165) is 0 Å². The molecule has 0 saturated carbocycles. The first-order valence-electron chi connectivity index (χ1n) is 5.07. The number of hydrogen-bond donors (Lipinski definition) is 1. The average molecular weight is 223 g/mol. The van der Waals surface area contributed by atoms with Crippen LogP contribution < -0.4 is 5.32 Å². The number of carbonyl (C=O) groups excluding carboxylic acids is 2. The third-order valence-electron chi connectivity index (χ3n) is 2.58. The van der Waals surface area contributed by atoms with Crippen molar-refractivity contribution < 1.29 is 14.1 Å². The van der Waals surface area contributed by atoms with Crippen molar-refractivity contribution in [3.05, 3.63) is 17.5 Å². The Labute approximate surface area is 92.6 Å². The van der Waals surface area contributed by atoms with Gasteiger partial charge in [-0.15, -0.1) is 0 Å². The summed E-state index contributed by atoms with van der Waals surface area (Å²) >= 11 is 0. The molecule has 1 aromatic rings. The maximum absolute atomic E-state index is 11.7. The SMILES string of the molecule is Cc1cc(C(=O)NC2CCN(C)C2=O)on1. The highest BCUT2D eigenvalue weighted by Crippen LogP contribution is 2.10. The first-order chi connectivity index (χ1) is 7.58. The molecule has 1 fully saturated rings. The Morgan fingerprint density at radius 3 is 2.94 bits per heavy atom. The average Bonchev–Trinajstić information content (AvgIpc) is 2.79. The van der Waals surface area contributed by atoms with Crippen molar-refractivity contribution in [3.8, 4) is 0 Å². The summed E-state index contributed by atoms with van der Waals surface area (Å²) in [6.07, 6.45) is 0.633. The van der Waals surface area contributed by atoms with Gasteiger partial charge in [0.05, 0.1) is 5.69 Å². The van der Waals surface area contributed by atoms with E-state index in [1.165, 1.54) is 0 Å². The molecule has 6 nitrogen and oxygen atoms in total. The number of aryl methyl sites for hydroxylation is 1. The molecule has 0 aliphatic carbocycles. The van der Waals surface area contributed by atoms with Crippen molar-refractivity contribution in [1.82, 2.24) is 15.4 Å². The fourth-order valence-corrected chi connectivity index (χ4v) is 1.66. The van der Waals surface area contributed by atoms with Crippen LogP contribution in [0, 0.1) is 6.92 Å². The van der Waals surface area contributed by atoms with Gasteiger partial charge < -0.3 is 14.7 Å². The summed E-state index contributed by atoms with van der Waals surface area (Å²) in [6, 6.07) is 1.10. The molecule has 1 saturated heterocycles. The number of hydrogen-bond acceptors (Lipinski definition) is 4. The Morgan fingerprint density at radius 1 is 1.69 bits per heavy atom. The number of likely N-dealkylation sites (tertiary alicyclic amines) is 1. The summed E-state index contributed by atoms with van der Waals surface area (Å²) in [4.78, 5) is 24.8. The number of nitrogens with zero attached hydrogens (tertiary/aromatic N) is 2. The smallest absolute Gasteiger partial charge is 0.290 e.